The maximum absolute atomic E-state index is 12.3. The minimum atomic E-state index is -0.411. The predicted molar refractivity (Wildman–Crippen MR) is 104 cm³/mol. The molecule has 2 rings (SSSR count). The van der Waals surface area contributed by atoms with Crippen molar-refractivity contribution in [3.05, 3.63) is 46.5 Å². The van der Waals surface area contributed by atoms with Crippen molar-refractivity contribution in [2.24, 2.45) is 0 Å². The fourth-order valence-electron chi connectivity index (χ4n) is 2.43. The molecule has 0 radical (unpaired) electrons. The van der Waals surface area contributed by atoms with Gasteiger partial charge in [-0.2, -0.15) is 0 Å². The average Bonchev–Trinajstić information content (AvgIpc) is 2.67. The molecule has 0 aliphatic rings. The molecule has 2 N–H and O–H groups in total. The van der Waals surface area contributed by atoms with Gasteiger partial charge in [0.05, 0.1) is 44.1 Å². The van der Waals surface area contributed by atoms with Gasteiger partial charge in [0.2, 0.25) is 5.91 Å². The third-order valence-corrected chi connectivity index (χ3v) is 4.13. The second-order valence-corrected chi connectivity index (χ2v) is 6.02. The predicted octanol–water partition coefficient (Wildman–Crippen LogP) is 3.50. The first-order valence-corrected chi connectivity index (χ1v) is 8.41. The molecule has 8 heteroatoms. The molecule has 0 fully saturated rings. The number of esters is 1. The number of hydrogen-bond acceptors (Lipinski definition) is 6. The van der Waals surface area contributed by atoms with Crippen LogP contribution >= 0.6 is 11.6 Å². The Morgan fingerprint density at radius 3 is 2.30 bits per heavy atom. The summed E-state index contributed by atoms with van der Waals surface area (Å²) in [5.74, 6) is 0.156. The summed E-state index contributed by atoms with van der Waals surface area (Å²) in [6.45, 7) is 1.85. The molecule has 0 aliphatic carbocycles. The van der Waals surface area contributed by atoms with Gasteiger partial charge < -0.3 is 24.8 Å². The van der Waals surface area contributed by atoms with Gasteiger partial charge in [0.1, 0.15) is 11.5 Å². The van der Waals surface area contributed by atoms with Crippen molar-refractivity contribution in [2.75, 3.05) is 38.5 Å². The molecule has 2 aromatic carbocycles. The zero-order valence-corrected chi connectivity index (χ0v) is 16.3. The van der Waals surface area contributed by atoms with Gasteiger partial charge in [-0.05, 0) is 30.7 Å². The van der Waals surface area contributed by atoms with Crippen LogP contribution in [0.5, 0.6) is 11.5 Å². The van der Waals surface area contributed by atoms with Gasteiger partial charge >= 0.3 is 5.97 Å². The van der Waals surface area contributed by atoms with Crippen LogP contribution in [0, 0.1) is 6.92 Å². The molecule has 144 valence electrons. The van der Waals surface area contributed by atoms with Gasteiger partial charge in [0.25, 0.3) is 0 Å². The number of methoxy groups -OCH3 is 3. The molecule has 27 heavy (non-hydrogen) atoms. The molecule has 7 nitrogen and oxygen atoms in total. The molecule has 2 aromatic rings. The van der Waals surface area contributed by atoms with Crippen molar-refractivity contribution in [1.82, 2.24) is 0 Å². The number of hydrogen-bond donors (Lipinski definition) is 2. The van der Waals surface area contributed by atoms with Crippen LogP contribution in [0.1, 0.15) is 15.9 Å². The summed E-state index contributed by atoms with van der Waals surface area (Å²) in [5.41, 5.74) is 2.45. The van der Waals surface area contributed by atoms with Gasteiger partial charge in [-0.3, -0.25) is 4.79 Å². The summed E-state index contributed by atoms with van der Waals surface area (Å²) in [5, 5.41) is 6.17. The van der Waals surface area contributed by atoms with E-state index >= 15 is 0 Å². The molecule has 0 heterocycles. The van der Waals surface area contributed by atoms with E-state index in [1.165, 1.54) is 21.3 Å². The standard InChI is InChI=1S/C19H21ClN2O5/c1-11-7-12(19(24)27-4)5-6-14(11)21-10-18(23)22-15-9-16(25-2)13(20)8-17(15)26-3/h5-9,21H,10H2,1-4H3,(H,22,23). The SMILES string of the molecule is COC(=O)c1ccc(NCC(=O)Nc2cc(OC)c(Cl)cc2OC)c(C)c1. The topological polar surface area (TPSA) is 85.9 Å². The molecular weight excluding hydrogens is 372 g/mol. The minimum absolute atomic E-state index is 0.0203. The van der Waals surface area contributed by atoms with Crippen LogP contribution in [-0.4, -0.2) is 39.8 Å². The summed E-state index contributed by atoms with van der Waals surface area (Å²) in [6, 6.07) is 8.21. The van der Waals surface area contributed by atoms with Crippen LogP contribution in [0.3, 0.4) is 0 Å². The number of amides is 1. The van der Waals surface area contributed by atoms with Gasteiger partial charge in [-0.15, -0.1) is 0 Å². The summed E-state index contributed by atoms with van der Waals surface area (Å²) >= 11 is 6.06. The lowest BCUT2D eigenvalue weighted by atomic mass is 10.1. The van der Waals surface area contributed by atoms with E-state index in [1.54, 1.807) is 30.3 Å². The lowest BCUT2D eigenvalue weighted by molar-refractivity contribution is -0.114. The Morgan fingerprint density at radius 2 is 1.70 bits per heavy atom. The maximum Gasteiger partial charge on any atom is 0.337 e. The summed E-state index contributed by atoms with van der Waals surface area (Å²) in [7, 11) is 4.30. The van der Waals surface area contributed by atoms with Crippen molar-refractivity contribution < 1.29 is 23.8 Å². The first kappa shape index (κ1) is 20.4. The molecular formula is C19H21ClN2O5. The Labute approximate surface area is 162 Å². The lowest BCUT2D eigenvalue weighted by Crippen LogP contribution is -2.22. The highest BCUT2D eigenvalue weighted by Gasteiger charge is 2.13. The molecule has 0 saturated carbocycles. The number of rotatable bonds is 7. The highest BCUT2D eigenvalue weighted by atomic mass is 35.5. The van der Waals surface area contributed by atoms with Crippen LogP contribution in [0.2, 0.25) is 5.02 Å². The third kappa shape index (κ3) is 5.04. The number of carbonyl (C=O) groups is 2. The van der Waals surface area contributed by atoms with Crippen molar-refractivity contribution in [2.45, 2.75) is 6.92 Å². The van der Waals surface area contributed by atoms with Crippen LogP contribution in [0.15, 0.2) is 30.3 Å². The third-order valence-electron chi connectivity index (χ3n) is 3.83. The van der Waals surface area contributed by atoms with Crippen LogP contribution in [0.25, 0.3) is 0 Å². The number of carbonyl (C=O) groups excluding carboxylic acids is 2. The number of nitrogens with one attached hydrogen (secondary N) is 2. The molecule has 0 aromatic heterocycles. The van der Waals surface area contributed by atoms with E-state index < -0.39 is 5.97 Å². The Kier molecular flexibility index (Phi) is 6.90. The number of ether oxygens (including phenoxy) is 3. The van der Waals surface area contributed by atoms with Gasteiger partial charge in [0.15, 0.2) is 0 Å². The highest BCUT2D eigenvalue weighted by Crippen LogP contribution is 2.35. The first-order valence-electron chi connectivity index (χ1n) is 8.03. The molecule has 0 saturated heterocycles. The highest BCUT2D eigenvalue weighted by molar-refractivity contribution is 6.32. The smallest absolute Gasteiger partial charge is 0.337 e. The van der Waals surface area contributed by atoms with E-state index in [1.807, 2.05) is 6.92 Å². The van der Waals surface area contributed by atoms with Gasteiger partial charge in [-0.1, -0.05) is 11.6 Å². The lowest BCUT2D eigenvalue weighted by Gasteiger charge is -2.14. The average molecular weight is 393 g/mol. The van der Waals surface area contributed by atoms with Crippen LogP contribution in [0.4, 0.5) is 11.4 Å². The number of anilines is 2. The fraction of sp³-hybridized carbons (Fsp3) is 0.263. The second-order valence-electron chi connectivity index (χ2n) is 5.61. The van der Waals surface area contributed by atoms with Gasteiger partial charge in [-0.25, -0.2) is 4.79 Å². The molecule has 0 unspecified atom stereocenters. The number of benzene rings is 2. The van der Waals surface area contributed by atoms with E-state index in [9.17, 15) is 9.59 Å². The largest absolute Gasteiger partial charge is 0.495 e. The number of halogens is 1. The van der Waals surface area contributed by atoms with Crippen molar-refractivity contribution in [3.8, 4) is 11.5 Å². The van der Waals surface area contributed by atoms with Crippen LogP contribution in [-0.2, 0) is 9.53 Å². The summed E-state index contributed by atoms with van der Waals surface area (Å²) in [4.78, 5) is 23.8. The molecule has 1 amide bonds. The molecule has 0 spiro atoms. The summed E-state index contributed by atoms with van der Waals surface area (Å²) < 4.78 is 15.1. The molecule has 0 atom stereocenters. The Bertz CT molecular complexity index is 854. The van der Waals surface area contributed by atoms with E-state index in [4.69, 9.17) is 21.1 Å². The number of aryl methyl sites for hydroxylation is 1. The first-order chi connectivity index (χ1) is 12.9. The molecule has 0 aliphatic heterocycles. The fourth-order valence-corrected chi connectivity index (χ4v) is 2.67. The van der Waals surface area contributed by atoms with E-state index in [0.717, 1.165) is 11.3 Å². The van der Waals surface area contributed by atoms with E-state index in [2.05, 4.69) is 15.4 Å². The normalized spacial score (nSPS) is 10.1. The van der Waals surface area contributed by atoms with Crippen molar-refractivity contribution in [3.63, 3.8) is 0 Å². The van der Waals surface area contributed by atoms with Crippen LogP contribution < -0.4 is 20.1 Å². The van der Waals surface area contributed by atoms with Crippen molar-refractivity contribution in [1.29, 1.82) is 0 Å². The van der Waals surface area contributed by atoms with E-state index in [0.29, 0.717) is 27.8 Å². The van der Waals surface area contributed by atoms with Gasteiger partial charge in [0, 0.05) is 17.8 Å². The monoisotopic (exact) mass is 392 g/mol. The minimum Gasteiger partial charge on any atom is -0.495 e. The Morgan fingerprint density at radius 1 is 1.00 bits per heavy atom. The summed E-state index contributed by atoms with van der Waals surface area (Å²) in [6.07, 6.45) is 0. The quantitative estimate of drug-likeness (QED) is 0.701. The zero-order chi connectivity index (χ0) is 20.0. The van der Waals surface area contributed by atoms with E-state index in [-0.39, 0.29) is 12.5 Å². The maximum atomic E-state index is 12.3. The second kappa shape index (κ2) is 9.14. The Balaban J connectivity index is 2.06. The van der Waals surface area contributed by atoms with Crippen molar-refractivity contribution >= 4 is 34.9 Å². The molecule has 0 bridgehead atoms. The zero-order valence-electron chi connectivity index (χ0n) is 15.5. The Hall–Kier alpha value is -2.93.